The van der Waals surface area contributed by atoms with Crippen molar-refractivity contribution in [3.63, 3.8) is 0 Å². The van der Waals surface area contributed by atoms with Crippen LogP contribution in [0.25, 0.3) is 22.2 Å². The van der Waals surface area contributed by atoms with Crippen molar-refractivity contribution in [3.05, 3.63) is 128 Å². The zero-order valence-corrected chi connectivity index (χ0v) is 32.1. The summed E-state index contributed by atoms with van der Waals surface area (Å²) in [6.07, 6.45) is 4.76. The van der Waals surface area contributed by atoms with Gasteiger partial charge in [0.25, 0.3) is 0 Å². The van der Waals surface area contributed by atoms with Crippen molar-refractivity contribution in [2.45, 2.75) is 50.6 Å². The number of pyridine rings is 1. The number of nitrogens with zero attached hydrogens (tertiary/aromatic N) is 6. The van der Waals surface area contributed by atoms with E-state index in [-0.39, 0.29) is 38.8 Å². The van der Waals surface area contributed by atoms with E-state index in [0.29, 0.717) is 106 Å². The van der Waals surface area contributed by atoms with E-state index in [1.807, 2.05) is 59.5 Å². The first kappa shape index (κ1) is 35.4. The van der Waals surface area contributed by atoms with Crippen LogP contribution in [0.4, 0.5) is 17.7 Å². The van der Waals surface area contributed by atoms with Crippen molar-refractivity contribution >= 4 is 98.2 Å². The highest BCUT2D eigenvalue weighted by Gasteiger charge is 2.40. The third-order valence-corrected chi connectivity index (χ3v) is 11.3. The highest BCUT2D eigenvalue weighted by atomic mass is 35.5. The second-order valence-corrected chi connectivity index (χ2v) is 15.1. The van der Waals surface area contributed by atoms with Gasteiger partial charge in [-0.2, -0.15) is 9.97 Å². The Morgan fingerprint density at radius 2 is 1.37 bits per heavy atom. The Labute approximate surface area is 339 Å². The molecule has 3 aromatic heterocycles. The molecule has 5 heterocycles. The third kappa shape index (κ3) is 6.32. The first-order valence-electron chi connectivity index (χ1n) is 18.4. The molecule has 2 unspecified atom stereocenters. The molecule has 57 heavy (non-hydrogen) atoms. The van der Waals surface area contributed by atoms with Gasteiger partial charge in [-0.3, -0.25) is 25.1 Å². The second kappa shape index (κ2) is 14.2. The molecule has 10 rings (SSSR count). The number of carbonyl (C=O) groups excluding carboxylic acids is 2. The Morgan fingerprint density at radius 1 is 0.719 bits per heavy atom. The topological polar surface area (TPSA) is 163 Å². The van der Waals surface area contributed by atoms with Crippen LogP contribution in [0.5, 0.6) is 0 Å². The van der Waals surface area contributed by atoms with Crippen molar-refractivity contribution in [3.8, 4) is 0 Å². The molecule has 0 bridgehead atoms. The summed E-state index contributed by atoms with van der Waals surface area (Å²) in [5.41, 5.74) is 6.48. The van der Waals surface area contributed by atoms with Crippen LogP contribution in [0.1, 0.15) is 61.7 Å². The highest BCUT2D eigenvalue weighted by molar-refractivity contribution is 6.37. The van der Waals surface area contributed by atoms with E-state index >= 15 is 0 Å². The van der Waals surface area contributed by atoms with E-state index in [1.165, 1.54) is 0 Å². The van der Waals surface area contributed by atoms with Crippen LogP contribution in [0, 0.1) is 0 Å². The number of anilines is 3. The number of aromatic nitrogens is 3. The average molecular weight is 819 g/mol. The van der Waals surface area contributed by atoms with E-state index in [1.54, 1.807) is 24.4 Å². The Morgan fingerprint density at radius 3 is 2.05 bits per heavy atom. The third-order valence-electron chi connectivity index (χ3n) is 10.4. The molecule has 0 saturated heterocycles. The summed E-state index contributed by atoms with van der Waals surface area (Å²) in [6.45, 7) is 0. The van der Waals surface area contributed by atoms with Gasteiger partial charge >= 0.3 is 12.0 Å². The smallest absolute Gasteiger partial charge is 0.302 e. The van der Waals surface area contributed by atoms with Crippen molar-refractivity contribution < 1.29 is 18.4 Å². The molecule has 0 spiro atoms. The predicted octanol–water partition coefficient (Wildman–Crippen LogP) is 9.48. The van der Waals surface area contributed by atoms with E-state index in [9.17, 15) is 9.59 Å². The highest BCUT2D eigenvalue weighted by Crippen LogP contribution is 2.47. The summed E-state index contributed by atoms with van der Waals surface area (Å²) < 4.78 is 12.0. The van der Waals surface area contributed by atoms with Gasteiger partial charge in [0.15, 0.2) is 22.7 Å². The summed E-state index contributed by atoms with van der Waals surface area (Å²) in [5, 5.41) is 10.5. The SMILES string of the molecule is O=C1CCCC2=C1C(c1cccnc1Cl)N=C(Nc1nc3ccccc3o1)N2c1cc(Cl)c(C2N=C(Nc3nc4ccccc4o3)NC3=C2C(=O)CCC3)c(Cl)c1. The van der Waals surface area contributed by atoms with Crippen molar-refractivity contribution in [1.29, 1.82) is 0 Å². The number of oxazole rings is 2. The van der Waals surface area contributed by atoms with Gasteiger partial charge in [0.2, 0.25) is 11.9 Å². The van der Waals surface area contributed by atoms with E-state index in [4.69, 9.17) is 53.6 Å². The molecular weight excluding hydrogens is 789 g/mol. The zero-order chi connectivity index (χ0) is 38.8. The first-order valence-corrected chi connectivity index (χ1v) is 19.5. The van der Waals surface area contributed by atoms with Crippen LogP contribution in [-0.2, 0) is 9.59 Å². The number of allylic oxidation sites excluding steroid dienone is 2. The number of hydrogen-bond acceptors (Lipinski definition) is 13. The maximum atomic E-state index is 13.9. The molecule has 6 aromatic rings. The van der Waals surface area contributed by atoms with Gasteiger partial charge in [-0.15, -0.1) is 0 Å². The molecule has 0 fully saturated rings. The van der Waals surface area contributed by atoms with Gasteiger partial charge in [-0.25, -0.2) is 15.0 Å². The maximum Gasteiger partial charge on any atom is 0.302 e. The molecule has 0 amide bonds. The van der Waals surface area contributed by atoms with Gasteiger partial charge in [-0.05, 0) is 68.1 Å². The number of carbonyl (C=O) groups is 2. The van der Waals surface area contributed by atoms with E-state index < -0.39 is 12.1 Å². The summed E-state index contributed by atoms with van der Waals surface area (Å²) in [4.78, 5) is 52.8. The minimum Gasteiger partial charge on any atom is -0.423 e. The summed E-state index contributed by atoms with van der Waals surface area (Å²) in [7, 11) is 0. The Balaban J connectivity index is 1.09. The number of Topliss-reactive ketones (excluding diaryl/α,β-unsaturated/α-hetero) is 2. The number of hydrogen-bond donors (Lipinski definition) is 3. The van der Waals surface area contributed by atoms with Crippen molar-refractivity contribution in [2.75, 3.05) is 15.5 Å². The molecule has 284 valence electrons. The molecular formula is C41H30Cl3N9O4. The van der Waals surface area contributed by atoms with Gasteiger partial charge in [0, 0.05) is 62.8 Å². The van der Waals surface area contributed by atoms with Crippen LogP contribution in [0.15, 0.2) is 120 Å². The van der Waals surface area contributed by atoms with Crippen molar-refractivity contribution in [2.24, 2.45) is 9.98 Å². The lowest BCUT2D eigenvalue weighted by molar-refractivity contribution is -0.117. The van der Waals surface area contributed by atoms with E-state index in [0.717, 1.165) is 5.70 Å². The van der Waals surface area contributed by atoms with Crippen molar-refractivity contribution in [1.82, 2.24) is 20.3 Å². The molecule has 4 aliphatic rings. The fourth-order valence-electron chi connectivity index (χ4n) is 7.92. The van der Waals surface area contributed by atoms with Gasteiger partial charge in [0.1, 0.15) is 28.3 Å². The van der Waals surface area contributed by atoms with Crippen LogP contribution in [0.2, 0.25) is 15.2 Å². The number of aliphatic imine (C=N–C) groups is 2. The molecule has 16 heteroatoms. The lowest BCUT2D eigenvalue weighted by Gasteiger charge is -2.38. The first-order chi connectivity index (χ1) is 27.8. The quantitative estimate of drug-likeness (QED) is 0.142. The lowest BCUT2D eigenvalue weighted by Crippen LogP contribution is -2.43. The predicted molar refractivity (Wildman–Crippen MR) is 219 cm³/mol. The molecule has 0 saturated carbocycles. The Bertz CT molecular complexity index is 2720. The van der Waals surface area contributed by atoms with Gasteiger partial charge in [-0.1, -0.05) is 65.1 Å². The normalized spacial score (nSPS) is 19.7. The molecule has 0 radical (unpaired) electrons. The number of halogens is 3. The number of ketones is 2. The molecule has 2 aliphatic carbocycles. The number of para-hydroxylation sites is 4. The molecule has 3 N–H and O–H groups in total. The average Bonchev–Trinajstić information content (AvgIpc) is 3.80. The van der Waals surface area contributed by atoms with Gasteiger partial charge in [0.05, 0.1) is 5.69 Å². The fourth-order valence-corrected chi connectivity index (χ4v) is 8.82. The minimum absolute atomic E-state index is 0.0433. The summed E-state index contributed by atoms with van der Waals surface area (Å²) in [6, 6.07) is 20.7. The molecule has 2 aliphatic heterocycles. The zero-order valence-electron chi connectivity index (χ0n) is 29.9. The molecule has 3 aromatic carbocycles. The van der Waals surface area contributed by atoms with Gasteiger partial charge < -0.3 is 14.2 Å². The number of guanidine groups is 2. The monoisotopic (exact) mass is 817 g/mol. The number of nitrogens with one attached hydrogen (secondary N) is 3. The molecule has 13 nitrogen and oxygen atoms in total. The molecule has 2 atom stereocenters. The summed E-state index contributed by atoms with van der Waals surface area (Å²) >= 11 is 21.2. The minimum atomic E-state index is -0.842. The standard InChI is InChI=1S/C41H30Cl3N9O4/c42-22-18-20(19-23(43)32(22)36-33-26(11-5-13-28(33)54)46-38(49-36)51-40-47-24-9-1-3-15-30(24)56-40)53-27-12-6-14-29(55)34(27)35(21-8-7-17-45-37(21)44)50-39(53)52-41-48-25-10-2-4-16-31(25)57-41/h1-4,7-10,15-19,35-36H,5-6,11-14H2,(H,48,50,52)(H2,46,47,49,51). The second-order valence-electron chi connectivity index (χ2n) is 13.9. The van der Waals surface area contributed by atoms with Crippen LogP contribution >= 0.6 is 34.8 Å². The Hall–Kier alpha value is -6.02. The van der Waals surface area contributed by atoms with Crippen LogP contribution in [0.3, 0.4) is 0 Å². The Kier molecular flexibility index (Phi) is 8.80. The van der Waals surface area contributed by atoms with Crippen LogP contribution in [-0.4, -0.2) is 38.4 Å². The van der Waals surface area contributed by atoms with E-state index in [2.05, 4.69) is 30.9 Å². The number of rotatable bonds is 5. The lowest BCUT2D eigenvalue weighted by atomic mass is 9.85. The maximum absolute atomic E-state index is 13.9. The number of benzene rings is 3. The largest absolute Gasteiger partial charge is 0.423 e. The summed E-state index contributed by atoms with van der Waals surface area (Å²) in [5.74, 6) is 0.540. The van der Waals surface area contributed by atoms with Crippen LogP contribution < -0.4 is 20.9 Å². The number of fused-ring (bicyclic) bond motifs is 2. The fraction of sp³-hybridized carbons (Fsp3) is 0.195.